The van der Waals surface area contributed by atoms with E-state index >= 15 is 0 Å². The van der Waals surface area contributed by atoms with Crippen molar-refractivity contribution in [3.05, 3.63) is 48.5 Å². The lowest BCUT2D eigenvalue weighted by molar-refractivity contribution is 0.00578. The zero-order valence-corrected chi connectivity index (χ0v) is 14.4. The summed E-state index contributed by atoms with van der Waals surface area (Å²) in [6, 6.07) is 15.8. The molecule has 2 aromatic carbocycles. The van der Waals surface area contributed by atoms with Crippen molar-refractivity contribution < 1.29 is 13.7 Å². The maximum absolute atomic E-state index is 6.11. The number of benzene rings is 2. The molecule has 4 nitrogen and oxygen atoms in total. The second-order valence-corrected chi connectivity index (χ2v) is 7.20. The van der Waals surface area contributed by atoms with E-state index in [9.17, 15) is 0 Å². The largest absolute Gasteiger partial charge is 0.494 e. The molecule has 0 N–H and O–H groups in total. The smallest absolute Gasteiger partial charge is 0.436 e. The Labute approximate surface area is 141 Å². The summed E-state index contributed by atoms with van der Waals surface area (Å²) in [7, 11) is -0.398. The summed E-state index contributed by atoms with van der Waals surface area (Å²) < 4.78 is 18.1. The number of oxazole rings is 1. The van der Waals surface area contributed by atoms with E-state index in [2.05, 4.69) is 4.98 Å². The Bertz CT molecular complexity index is 870. The van der Waals surface area contributed by atoms with Crippen LogP contribution in [-0.2, 0) is 9.31 Å². The van der Waals surface area contributed by atoms with Crippen molar-refractivity contribution in [3.63, 3.8) is 0 Å². The fraction of sp³-hybridized carbons (Fsp3) is 0.316. The van der Waals surface area contributed by atoms with E-state index in [0.29, 0.717) is 5.89 Å². The van der Waals surface area contributed by atoms with Gasteiger partial charge in [-0.15, -0.1) is 0 Å². The molecule has 0 radical (unpaired) electrons. The molecule has 0 aliphatic carbocycles. The third kappa shape index (κ3) is 2.45. The van der Waals surface area contributed by atoms with Crippen molar-refractivity contribution in [1.82, 2.24) is 4.98 Å². The molecule has 24 heavy (non-hydrogen) atoms. The summed E-state index contributed by atoms with van der Waals surface area (Å²) in [5, 5.41) is 0. The molecule has 4 rings (SSSR count). The first kappa shape index (κ1) is 15.4. The lowest BCUT2D eigenvalue weighted by Gasteiger charge is -2.32. The van der Waals surface area contributed by atoms with Gasteiger partial charge in [0.05, 0.1) is 11.2 Å². The predicted molar refractivity (Wildman–Crippen MR) is 95.2 cm³/mol. The highest BCUT2D eigenvalue weighted by Crippen LogP contribution is 2.36. The molecule has 0 unspecified atom stereocenters. The fourth-order valence-electron chi connectivity index (χ4n) is 2.77. The Kier molecular flexibility index (Phi) is 3.34. The topological polar surface area (TPSA) is 44.5 Å². The molecule has 3 aromatic rings. The van der Waals surface area contributed by atoms with E-state index < -0.39 is 7.12 Å². The van der Waals surface area contributed by atoms with Gasteiger partial charge >= 0.3 is 7.12 Å². The van der Waals surface area contributed by atoms with Crippen molar-refractivity contribution in [2.24, 2.45) is 0 Å². The third-order valence-corrected chi connectivity index (χ3v) is 4.96. The quantitative estimate of drug-likeness (QED) is 0.674. The van der Waals surface area contributed by atoms with Crippen LogP contribution in [0.25, 0.3) is 22.6 Å². The first-order valence-corrected chi connectivity index (χ1v) is 8.17. The lowest BCUT2D eigenvalue weighted by Crippen LogP contribution is -2.41. The zero-order chi connectivity index (χ0) is 16.9. The third-order valence-electron chi connectivity index (χ3n) is 4.96. The molecule has 0 spiro atoms. The summed E-state index contributed by atoms with van der Waals surface area (Å²) in [6.45, 7) is 8.20. The van der Waals surface area contributed by atoms with Crippen LogP contribution < -0.4 is 5.46 Å². The minimum absolute atomic E-state index is 0.358. The van der Waals surface area contributed by atoms with E-state index in [1.165, 1.54) is 0 Å². The van der Waals surface area contributed by atoms with Crippen molar-refractivity contribution in [2.75, 3.05) is 0 Å². The Morgan fingerprint density at radius 2 is 1.54 bits per heavy atom. The summed E-state index contributed by atoms with van der Waals surface area (Å²) in [4.78, 5) is 4.56. The highest BCUT2D eigenvalue weighted by atomic mass is 16.7. The fourth-order valence-corrected chi connectivity index (χ4v) is 2.77. The van der Waals surface area contributed by atoms with Crippen LogP contribution in [0.4, 0.5) is 0 Å². The van der Waals surface area contributed by atoms with E-state index in [0.717, 1.165) is 22.1 Å². The van der Waals surface area contributed by atoms with Crippen molar-refractivity contribution >= 4 is 23.7 Å². The molecule has 1 aliphatic heterocycles. The summed E-state index contributed by atoms with van der Waals surface area (Å²) >= 11 is 0. The molecule has 1 fully saturated rings. The molecule has 122 valence electrons. The van der Waals surface area contributed by atoms with Gasteiger partial charge in [0.1, 0.15) is 5.52 Å². The maximum atomic E-state index is 6.11. The first-order valence-electron chi connectivity index (χ1n) is 8.17. The van der Waals surface area contributed by atoms with E-state index in [4.69, 9.17) is 13.7 Å². The monoisotopic (exact) mass is 321 g/mol. The van der Waals surface area contributed by atoms with Crippen molar-refractivity contribution in [3.8, 4) is 11.5 Å². The molecular weight excluding hydrogens is 301 g/mol. The van der Waals surface area contributed by atoms with Gasteiger partial charge in [-0.05, 0) is 57.4 Å². The van der Waals surface area contributed by atoms with Crippen molar-refractivity contribution in [1.29, 1.82) is 0 Å². The maximum Gasteiger partial charge on any atom is 0.494 e. The Hall–Kier alpha value is -2.11. The number of hydrogen-bond donors (Lipinski definition) is 0. The van der Waals surface area contributed by atoms with Crippen molar-refractivity contribution in [2.45, 2.75) is 38.9 Å². The van der Waals surface area contributed by atoms with E-state index in [1.54, 1.807) is 0 Å². The number of rotatable bonds is 2. The molecule has 0 amide bonds. The zero-order valence-electron chi connectivity index (χ0n) is 14.4. The van der Waals surface area contributed by atoms with Crippen LogP contribution in [0.15, 0.2) is 52.9 Å². The van der Waals surface area contributed by atoms with Gasteiger partial charge in [-0.3, -0.25) is 0 Å². The Morgan fingerprint density at radius 1 is 0.875 bits per heavy atom. The Morgan fingerprint density at radius 3 is 2.21 bits per heavy atom. The van der Waals surface area contributed by atoms with Gasteiger partial charge in [0.2, 0.25) is 5.89 Å². The molecule has 0 saturated carbocycles. The SMILES string of the molecule is CC1(C)OB(c2ccc3nc(-c4ccccc4)oc3c2)OC1(C)C. The molecule has 0 atom stereocenters. The van der Waals surface area contributed by atoms with Gasteiger partial charge in [-0.1, -0.05) is 24.3 Å². The summed E-state index contributed by atoms with van der Waals surface area (Å²) in [5.74, 6) is 0.622. The minimum Gasteiger partial charge on any atom is -0.436 e. The van der Waals surface area contributed by atoms with Crippen LogP contribution >= 0.6 is 0 Å². The molecule has 5 heteroatoms. The average Bonchev–Trinajstić information content (AvgIpc) is 3.06. The van der Waals surface area contributed by atoms with Crippen LogP contribution in [0, 0.1) is 0 Å². The van der Waals surface area contributed by atoms with Crippen LogP contribution in [0.1, 0.15) is 27.7 Å². The molecule has 1 saturated heterocycles. The highest BCUT2D eigenvalue weighted by molar-refractivity contribution is 6.62. The van der Waals surface area contributed by atoms with Crippen LogP contribution in [0.3, 0.4) is 0 Å². The van der Waals surface area contributed by atoms with Gasteiger partial charge in [0.15, 0.2) is 5.58 Å². The second kappa shape index (κ2) is 5.20. The van der Waals surface area contributed by atoms with Crippen LogP contribution in [0.5, 0.6) is 0 Å². The molecule has 1 aliphatic rings. The molecule has 0 bridgehead atoms. The number of fused-ring (bicyclic) bond motifs is 1. The number of nitrogens with zero attached hydrogens (tertiary/aromatic N) is 1. The Balaban J connectivity index is 1.70. The lowest BCUT2D eigenvalue weighted by atomic mass is 9.79. The van der Waals surface area contributed by atoms with Gasteiger partial charge in [-0.2, -0.15) is 0 Å². The highest BCUT2D eigenvalue weighted by Gasteiger charge is 2.51. The average molecular weight is 321 g/mol. The minimum atomic E-state index is -0.398. The van der Waals surface area contributed by atoms with E-state index in [1.807, 2.05) is 76.2 Å². The van der Waals surface area contributed by atoms with Crippen LogP contribution in [-0.4, -0.2) is 23.3 Å². The molecule has 2 heterocycles. The van der Waals surface area contributed by atoms with E-state index in [-0.39, 0.29) is 11.2 Å². The predicted octanol–water partition coefficient (Wildman–Crippen LogP) is 3.79. The molecule has 1 aromatic heterocycles. The number of aromatic nitrogens is 1. The summed E-state index contributed by atoms with van der Waals surface area (Å²) in [6.07, 6.45) is 0. The number of hydrogen-bond acceptors (Lipinski definition) is 4. The second-order valence-electron chi connectivity index (χ2n) is 7.20. The van der Waals surface area contributed by atoms with Gasteiger partial charge in [0.25, 0.3) is 0 Å². The first-order chi connectivity index (χ1) is 11.4. The van der Waals surface area contributed by atoms with Crippen LogP contribution in [0.2, 0.25) is 0 Å². The summed E-state index contributed by atoms with van der Waals surface area (Å²) in [5.41, 5.74) is 2.75. The van der Waals surface area contributed by atoms with Gasteiger partial charge in [-0.25, -0.2) is 4.98 Å². The standard InChI is InChI=1S/C19H20BNO3/c1-18(2)19(3,4)24-20(23-18)14-10-11-15-16(12-14)22-17(21-15)13-8-6-5-7-9-13/h5-12H,1-4H3. The molecular formula is C19H20BNO3. The van der Waals surface area contributed by atoms with Gasteiger partial charge < -0.3 is 13.7 Å². The normalized spacial score (nSPS) is 19.1. The van der Waals surface area contributed by atoms with Gasteiger partial charge in [0, 0.05) is 5.56 Å².